The Morgan fingerprint density at radius 1 is 1.03 bits per heavy atom. The Morgan fingerprint density at radius 2 is 1.75 bits per heavy atom. The third-order valence-corrected chi connectivity index (χ3v) is 6.16. The minimum atomic E-state index is -0.879. The number of amides is 2. The number of para-hydroxylation sites is 2. The van der Waals surface area contributed by atoms with E-state index in [1.54, 1.807) is 16.7 Å². The van der Waals surface area contributed by atoms with E-state index >= 15 is 0 Å². The van der Waals surface area contributed by atoms with E-state index in [4.69, 9.17) is 4.74 Å². The fourth-order valence-corrected chi connectivity index (χ4v) is 4.22. The van der Waals surface area contributed by atoms with Crippen LogP contribution in [0.15, 0.2) is 72.8 Å². The highest BCUT2D eigenvalue weighted by Gasteiger charge is 2.33. The quantitative estimate of drug-likeness (QED) is 0.345. The zero-order valence-corrected chi connectivity index (χ0v) is 20.8. The van der Waals surface area contributed by atoms with Gasteiger partial charge in [-0.2, -0.15) is 0 Å². The van der Waals surface area contributed by atoms with Gasteiger partial charge in [-0.1, -0.05) is 66.7 Å². The summed E-state index contributed by atoms with van der Waals surface area (Å²) in [5.41, 5.74) is 4.88. The molecule has 8 heteroatoms. The molecule has 0 fully saturated rings. The van der Waals surface area contributed by atoms with Crippen molar-refractivity contribution in [2.24, 2.45) is 0 Å². The molecule has 2 amide bonds. The van der Waals surface area contributed by atoms with Gasteiger partial charge in [-0.05, 0) is 48.2 Å². The second-order valence-electron chi connectivity index (χ2n) is 8.57. The van der Waals surface area contributed by atoms with Crippen molar-refractivity contribution >= 4 is 28.5 Å². The molecule has 0 radical (unpaired) electrons. The summed E-state index contributed by atoms with van der Waals surface area (Å²) in [6.45, 7) is 4.65. The van der Waals surface area contributed by atoms with Crippen LogP contribution in [-0.2, 0) is 27.3 Å². The molecule has 4 aromatic rings. The Bertz CT molecular complexity index is 1330. The van der Waals surface area contributed by atoms with Crippen LogP contribution in [0.5, 0.6) is 0 Å². The largest absolute Gasteiger partial charge is 0.383 e. The Hall–Kier alpha value is -4.04. The summed E-state index contributed by atoms with van der Waals surface area (Å²) in [7, 11) is 1.58. The van der Waals surface area contributed by atoms with Crippen molar-refractivity contribution in [2.45, 2.75) is 32.9 Å². The first-order chi connectivity index (χ1) is 17.5. The van der Waals surface area contributed by atoms with Gasteiger partial charge in [0.15, 0.2) is 0 Å². The SMILES string of the molecule is CCc1ccc([C@@H](C(=O)NCCOC)N(C(=O)Cn2nnc3ccccc32)c2ccccc2C)cc1. The van der Waals surface area contributed by atoms with E-state index in [0.29, 0.717) is 24.4 Å². The third kappa shape index (κ3) is 5.44. The molecule has 0 unspecified atom stereocenters. The van der Waals surface area contributed by atoms with Crippen molar-refractivity contribution in [2.75, 3.05) is 25.2 Å². The number of hydrogen-bond donors (Lipinski definition) is 1. The normalized spacial score (nSPS) is 11.9. The van der Waals surface area contributed by atoms with Crippen LogP contribution in [0.4, 0.5) is 5.69 Å². The van der Waals surface area contributed by atoms with Crippen molar-refractivity contribution in [1.82, 2.24) is 20.3 Å². The van der Waals surface area contributed by atoms with Crippen LogP contribution in [-0.4, -0.2) is 47.1 Å². The summed E-state index contributed by atoms with van der Waals surface area (Å²) < 4.78 is 6.69. The number of carbonyl (C=O) groups excluding carboxylic acids is 2. The standard InChI is InChI=1S/C28H31N5O3/c1-4-21-13-15-22(16-14-21)27(28(35)29-17-18-36-3)33(24-11-7-5-9-20(24)2)26(34)19-32-25-12-8-6-10-23(25)30-31-32/h5-16,27H,4,17-19H2,1-3H3,(H,29,35)/t27-/m0/s1. The third-order valence-electron chi connectivity index (χ3n) is 6.16. The lowest BCUT2D eigenvalue weighted by molar-refractivity contribution is -0.127. The van der Waals surface area contributed by atoms with Crippen molar-refractivity contribution in [3.8, 4) is 0 Å². The summed E-state index contributed by atoms with van der Waals surface area (Å²) in [5, 5.41) is 11.3. The summed E-state index contributed by atoms with van der Waals surface area (Å²) in [5.74, 6) is -0.553. The highest BCUT2D eigenvalue weighted by Crippen LogP contribution is 2.31. The molecule has 3 aromatic carbocycles. The van der Waals surface area contributed by atoms with Gasteiger partial charge in [-0.25, -0.2) is 4.68 Å². The molecule has 0 aliphatic heterocycles. The minimum absolute atomic E-state index is 0.0657. The molecule has 4 rings (SSSR count). The van der Waals surface area contributed by atoms with Gasteiger partial charge in [0.05, 0.1) is 12.1 Å². The van der Waals surface area contributed by atoms with Gasteiger partial charge >= 0.3 is 0 Å². The molecule has 0 saturated heterocycles. The molecule has 0 bridgehead atoms. The average molecular weight is 486 g/mol. The Kier molecular flexibility index (Phi) is 8.07. The molecular formula is C28H31N5O3. The number of aromatic nitrogens is 3. The first kappa shape index (κ1) is 25.1. The number of nitrogens with one attached hydrogen (secondary N) is 1. The maximum Gasteiger partial charge on any atom is 0.249 e. The van der Waals surface area contributed by atoms with Crippen LogP contribution in [0.1, 0.15) is 29.7 Å². The number of rotatable bonds is 10. The second kappa shape index (κ2) is 11.6. The van der Waals surface area contributed by atoms with E-state index in [1.165, 1.54) is 0 Å². The van der Waals surface area contributed by atoms with Crippen LogP contribution in [0.25, 0.3) is 11.0 Å². The maximum atomic E-state index is 14.0. The Morgan fingerprint density at radius 3 is 2.47 bits per heavy atom. The summed E-state index contributed by atoms with van der Waals surface area (Å²) in [6, 6.07) is 22.0. The first-order valence-corrected chi connectivity index (χ1v) is 12.0. The molecular weight excluding hydrogens is 454 g/mol. The van der Waals surface area contributed by atoms with Crippen LogP contribution in [0, 0.1) is 6.92 Å². The molecule has 1 N–H and O–H groups in total. The van der Waals surface area contributed by atoms with Gasteiger partial charge in [0.1, 0.15) is 18.1 Å². The number of aryl methyl sites for hydroxylation is 2. The van der Waals surface area contributed by atoms with E-state index in [1.807, 2.05) is 79.7 Å². The van der Waals surface area contributed by atoms with Gasteiger partial charge in [-0.3, -0.25) is 14.5 Å². The predicted octanol–water partition coefficient (Wildman–Crippen LogP) is 3.84. The maximum absolute atomic E-state index is 14.0. The number of carbonyl (C=O) groups is 2. The number of nitrogens with zero attached hydrogens (tertiary/aromatic N) is 4. The highest BCUT2D eigenvalue weighted by atomic mass is 16.5. The van der Waals surface area contributed by atoms with Crippen molar-refractivity contribution < 1.29 is 14.3 Å². The summed E-state index contributed by atoms with van der Waals surface area (Å²) in [4.78, 5) is 29.2. The lowest BCUT2D eigenvalue weighted by Crippen LogP contribution is -2.46. The molecule has 0 aliphatic rings. The van der Waals surface area contributed by atoms with Crippen LogP contribution in [0.2, 0.25) is 0 Å². The molecule has 8 nitrogen and oxygen atoms in total. The predicted molar refractivity (Wildman–Crippen MR) is 140 cm³/mol. The molecule has 1 heterocycles. The number of fused-ring (bicyclic) bond motifs is 1. The number of ether oxygens (including phenoxy) is 1. The number of hydrogen-bond acceptors (Lipinski definition) is 5. The van der Waals surface area contributed by atoms with E-state index in [0.717, 1.165) is 28.6 Å². The average Bonchev–Trinajstić information content (AvgIpc) is 3.30. The fourth-order valence-electron chi connectivity index (χ4n) is 4.22. The van der Waals surface area contributed by atoms with Crippen LogP contribution in [0.3, 0.4) is 0 Å². The summed E-state index contributed by atoms with van der Waals surface area (Å²) in [6.07, 6.45) is 0.880. The lowest BCUT2D eigenvalue weighted by Gasteiger charge is -2.32. The van der Waals surface area contributed by atoms with Crippen molar-refractivity contribution in [3.63, 3.8) is 0 Å². The van der Waals surface area contributed by atoms with Gasteiger partial charge < -0.3 is 10.1 Å². The second-order valence-corrected chi connectivity index (χ2v) is 8.57. The number of benzene rings is 3. The number of methoxy groups -OCH3 is 1. The van der Waals surface area contributed by atoms with E-state index in [2.05, 4.69) is 22.6 Å². The molecule has 0 aliphatic carbocycles. The summed E-state index contributed by atoms with van der Waals surface area (Å²) >= 11 is 0. The van der Waals surface area contributed by atoms with Crippen LogP contribution >= 0.6 is 0 Å². The van der Waals surface area contributed by atoms with Gasteiger partial charge in [0.25, 0.3) is 0 Å². The Labute approximate surface area is 210 Å². The zero-order valence-electron chi connectivity index (χ0n) is 20.8. The van der Waals surface area contributed by atoms with Gasteiger partial charge in [-0.15, -0.1) is 5.10 Å². The van der Waals surface area contributed by atoms with E-state index in [-0.39, 0.29) is 18.4 Å². The highest BCUT2D eigenvalue weighted by molar-refractivity contribution is 6.02. The minimum Gasteiger partial charge on any atom is -0.383 e. The van der Waals surface area contributed by atoms with Gasteiger partial charge in [0.2, 0.25) is 11.8 Å². The molecule has 186 valence electrons. The molecule has 36 heavy (non-hydrogen) atoms. The van der Waals surface area contributed by atoms with E-state index in [9.17, 15) is 9.59 Å². The molecule has 1 atom stereocenters. The topological polar surface area (TPSA) is 89.4 Å². The zero-order chi connectivity index (χ0) is 25.5. The smallest absolute Gasteiger partial charge is 0.249 e. The molecule has 0 spiro atoms. The Balaban J connectivity index is 1.79. The molecule has 1 aromatic heterocycles. The number of anilines is 1. The van der Waals surface area contributed by atoms with Crippen molar-refractivity contribution in [3.05, 3.63) is 89.5 Å². The first-order valence-electron chi connectivity index (χ1n) is 12.0. The van der Waals surface area contributed by atoms with E-state index < -0.39 is 6.04 Å². The molecule has 0 saturated carbocycles. The fraction of sp³-hybridized carbons (Fsp3) is 0.286. The van der Waals surface area contributed by atoms with Crippen molar-refractivity contribution in [1.29, 1.82) is 0 Å². The van der Waals surface area contributed by atoms with Gasteiger partial charge in [0, 0.05) is 19.3 Å². The monoisotopic (exact) mass is 485 g/mol. The lowest BCUT2D eigenvalue weighted by atomic mass is 9.99. The van der Waals surface area contributed by atoms with Crippen LogP contribution < -0.4 is 10.2 Å².